The molecule has 136 valence electrons. The van der Waals surface area contributed by atoms with Crippen molar-refractivity contribution < 1.29 is 9.53 Å². The number of amides is 1. The number of hydrogen-bond acceptors (Lipinski definition) is 7. The predicted octanol–water partition coefficient (Wildman–Crippen LogP) is 2.00. The van der Waals surface area contributed by atoms with Crippen LogP contribution in [-0.2, 0) is 4.79 Å². The minimum Gasteiger partial charge on any atom is -0.495 e. The van der Waals surface area contributed by atoms with Crippen LogP contribution in [0.4, 0.5) is 11.6 Å². The SMILES string of the molecule is COc1ccccc1NC(=O)C1=C(C)Nc2nnnn2[C@@H]1c1ccccn1. The standard InChI is InChI=1S/C18H17N7O2/c1-11-15(17(26)21-12-7-3-4-9-14(12)27-2)16(13-8-5-6-10-19-13)25-18(20-11)22-23-24-25/h3-10,16H,1-2H3,(H,21,26)(H,20,22,24)/t16-/m1/s1. The lowest BCUT2D eigenvalue weighted by Crippen LogP contribution is -2.32. The van der Waals surface area contributed by atoms with E-state index in [-0.39, 0.29) is 5.91 Å². The van der Waals surface area contributed by atoms with Crippen molar-refractivity contribution in [2.75, 3.05) is 17.7 Å². The van der Waals surface area contributed by atoms with Crippen molar-refractivity contribution in [3.05, 3.63) is 65.6 Å². The zero-order valence-corrected chi connectivity index (χ0v) is 14.7. The van der Waals surface area contributed by atoms with Crippen molar-refractivity contribution in [2.24, 2.45) is 0 Å². The first-order valence-corrected chi connectivity index (χ1v) is 8.30. The Balaban J connectivity index is 1.76. The van der Waals surface area contributed by atoms with Crippen LogP contribution < -0.4 is 15.4 Å². The van der Waals surface area contributed by atoms with E-state index in [1.165, 1.54) is 0 Å². The molecule has 1 aliphatic rings. The van der Waals surface area contributed by atoms with Crippen molar-refractivity contribution in [1.29, 1.82) is 0 Å². The Morgan fingerprint density at radius 1 is 1.22 bits per heavy atom. The molecule has 9 nitrogen and oxygen atoms in total. The molecule has 0 bridgehead atoms. The fourth-order valence-electron chi connectivity index (χ4n) is 3.06. The number of fused-ring (bicyclic) bond motifs is 1. The average molecular weight is 363 g/mol. The molecule has 0 radical (unpaired) electrons. The third-order valence-corrected chi connectivity index (χ3v) is 4.28. The number of carbonyl (C=O) groups excluding carboxylic acids is 1. The van der Waals surface area contributed by atoms with E-state index in [2.05, 4.69) is 31.1 Å². The van der Waals surface area contributed by atoms with Crippen LogP contribution in [0.25, 0.3) is 0 Å². The maximum absolute atomic E-state index is 13.2. The van der Waals surface area contributed by atoms with Gasteiger partial charge in [0.1, 0.15) is 11.8 Å². The molecule has 1 aliphatic heterocycles. The Hall–Kier alpha value is -3.75. The highest BCUT2D eigenvalue weighted by Gasteiger charge is 2.35. The molecule has 0 saturated carbocycles. The van der Waals surface area contributed by atoms with Crippen LogP contribution >= 0.6 is 0 Å². The number of rotatable bonds is 4. The highest BCUT2D eigenvalue weighted by atomic mass is 16.5. The largest absolute Gasteiger partial charge is 0.495 e. The summed E-state index contributed by atoms with van der Waals surface area (Å²) in [5, 5.41) is 17.7. The topological polar surface area (TPSA) is 107 Å². The van der Waals surface area contributed by atoms with Gasteiger partial charge in [0.15, 0.2) is 0 Å². The number of tetrazole rings is 1. The minimum atomic E-state index is -0.549. The number of methoxy groups -OCH3 is 1. The number of para-hydroxylation sites is 2. The lowest BCUT2D eigenvalue weighted by atomic mass is 9.98. The number of hydrogen-bond donors (Lipinski definition) is 2. The Kier molecular flexibility index (Phi) is 4.25. The molecular weight excluding hydrogens is 346 g/mol. The first-order chi connectivity index (χ1) is 13.2. The predicted molar refractivity (Wildman–Crippen MR) is 98.1 cm³/mol. The van der Waals surface area contributed by atoms with E-state index in [0.29, 0.717) is 34.3 Å². The van der Waals surface area contributed by atoms with Gasteiger partial charge in [-0.25, -0.2) is 0 Å². The van der Waals surface area contributed by atoms with E-state index in [1.54, 1.807) is 30.1 Å². The summed E-state index contributed by atoms with van der Waals surface area (Å²) in [6.45, 7) is 1.81. The molecule has 1 amide bonds. The van der Waals surface area contributed by atoms with Crippen molar-refractivity contribution in [3.63, 3.8) is 0 Å². The van der Waals surface area contributed by atoms with Gasteiger partial charge in [-0.3, -0.25) is 9.78 Å². The van der Waals surface area contributed by atoms with Crippen LogP contribution in [0, 0.1) is 0 Å². The number of pyridine rings is 1. The van der Waals surface area contributed by atoms with E-state index in [1.807, 2.05) is 37.3 Å². The number of nitrogens with one attached hydrogen (secondary N) is 2. The van der Waals surface area contributed by atoms with Gasteiger partial charge in [0.25, 0.3) is 5.91 Å². The number of aromatic nitrogens is 5. The summed E-state index contributed by atoms with van der Waals surface area (Å²) in [4.78, 5) is 17.6. The number of carbonyl (C=O) groups is 1. The molecule has 1 atom stereocenters. The van der Waals surface area contributed by atoms with Gasteiger partial charge in [-0.2, -0.15) is 4.68 Å². The van der Waals surface area contributed by atoms with E-state index < -0.39 is 6.04 Å². The van der Waals surface area contributed by atoms with Gasteiger partial charge in [0.2, 0.25) is 5.95 Å². The molecule has 9 heteroatoms. The van der Waals surface area contributed by atoms with E-state index in [0.717, 1.165) is 0 Å². The number of benzene rings is 1. The van der Waals surface area contributed by atoms with Gasteiger partial charge in [-0.1, -0.05) is 23.3 Å². The molecule has 0 fully saturated rings. The molecule has 0 unspecified atom stereocenters. The molecule has 4 rings (SSSR count). The van der Waals surface area contributed by atoms with E-state index in [4.69, 9.17) is 4.74 Å². The van der Waals surface area contributed by atoms with Crippen molar-refractivity contribution in [2.45, 2.75) is 13.0 Å². The molecule has 3 heterocycles. The van der Waals surface area contributed by atoms with Crippen LogP contribution in [0.15, 0.2) is 59.9 Å². The third-order valence-electron chi connectivity index (χ3n) is 4.28. The van der Waals surface area contributed by atoms with E-state index in [9.17, 15) is 4.79 Å². The molecular formula is C18H17N7O2. The molecule has 0 spiro atoms. The summed E-state index contributed by atoms with van der Waals surface area (Å²) in [5.41, 5.74) is 2.37. The second-order valence-electron chi connectivity index (χ2n) is 5.92. The Labute approximate surface area is 155 Å². The van der Waals surface area contributed by atoms with Gasteiger partial charge in [0.05, 0.1) is 24.1 Å². The molecule has 0 aliphatic carbocycles. The van der Waals surface area contributed by atoms with Crippen LogP contribution in [0.1, 0.15) is 18.7 Å². The number of ether oxygens (including phenoxy) is 1. The maximum atomic E-state index is 13.2. The fourth-order valence-corrected chi connectivity index (χ4v) is 3.06. The first kappa shape index (κ1) is 16.7. The average Bonchev–Trinajstić information content (AvgIpc) is 3.15. The zero-order chi connectivity index (χ0) is 18.8. The normalized spacial score (nSPS) is 15.7. The van der Waals surface area contributed by atoms with Crippen LogP contribution in [0.5, 0.6) is 5.75 Å². The molecule has 2 N–H and O–H groups in total. The smallest absolute Gasteiger partial charge is 0.256 e. The van der Waals surface area contributed by atoms with Crippen molar-refractivity contribution in [3.8, 4) is 5.75 Å². The summed E-state index contributed by atoms with van der Waals surface area (Å²) >= 11 is 0. The number of nitrogens with zero attached hydrogens (tertiary/aromatic N) is 5. The molecule has 2 aromatic heterocycles. The van der Waals surface area contributed by atoms with Crippen LogP contribution in [0.2, 0.25) is 0 Å². The van der Waals surface area contributed by atoms with Crippen LogP contribution in [0.3, 0.4) is 0 Å². The summed E-state index contributed by atoms with van der Waals surface area (Å²) in [7, 11) is 1.56. The van der Waals surface area contributed by atoms with Gasteiger partial charge < -0.3 is 15.4 Å². The third kappa shape index (κ3) is 2.99. The van der Waals surface area contributed by atoms with E-state index >= 15 is 0 Å². The lowest BCUT2D eigenvalue weighted by molar-refractivity contribution is -0.113. The Morgan fingerprint density at radius 2 is 2.04 bits per heavy atom. The van der Waals surface area contributed by atoms with Crippen molar-refractivity contribution >= 4 is 17.5 Å². The summed E-state index contributed by atoms with van der Waals surface area (Å²) in [6, 6.07) is 12.2. The molecule has 0 saturated heterocycles. The monoisotopic (exact) mass is 363 g/mol. The number of allylic oxidation sites excluding steroid dienone is 1. The Bertz CT molecular complexity index is 1010. The Morgan fingerprint density at radius 3 is 2.81 bits per heavy atom. The lowest BCUT2D eigenvalue weighted by Gasteiger charge is -2.27. The first-order valence-electron chi connectivity index (χ1n) is 8.30. The maximum Gasteiger partial charge on any atom is 0.256 e. The van der Waals surface area contributed by atoms with Gasteiger partial charge in [-0.15, -0.1) is 0 Å². The summed E-state index contributed by atoms with van der Waals surface area (Å²) in [6.07, 6.45) is 1.67. The zero-order valence-electron chi connectivity index (χ0n) is 14.7. The second-order valence-corrected chi connectivity index (χ2v) is 5.92. The minimum absolute atomic E-state index is 0.290. The van der Waals surface area contributed by atoms with Gasteiger partial charge >= 0.3 is 0 Å². The van der Waals surface area contributed by atoms with Crippen molar-refractivity contribution in [1.82, 2.24) is 25.2 Å². The molecule has 1 aromatic carbocycles. The quantitative estimate of drug-likeness (QED) is 0.730. The highest BCUT2D eigenvalue weighted by Crippen LogP contribution is 2.34. The molecule has 27 heavy (non-hydrogen) atoms. The number of anilines is 2. The summed E-state index contributed by atoms with van der Waals surface area (Å²) < 4.78 is 6.87. The van der Waals surface area contributed by atoms with Gasteiger partial charge in [-0.05, 0) is 41.6 Å². The van der Waals surface area contributed by atoms with Crippen LogP contribution in [-0.4, -0.2) is 38.2 Å². The summed E-state index contributed by atoms with van der Waals surface area (Å²) in [5.74, 6) is 0.740. The second kappa shape index (κ2) is 6.87. The molecule has 3 aromatic rings. The highest BCUT2D eigenvalue weighted by molar-refractivity contribution is 6.06. The van der Waals surface area contributed by atoms with Gasteiger partial charge in [0, 0.05) is 11.9 Å². The fraction of sp³-hybridized carbons (Fsp3) is 0.167.